The topological polar surface area (TPSA) is 88.0 Å². The van der Waals surface area contributed by atoms with E-state index < -0.39 is 0 Å². The van der Waals surface area contributed by atoms with Crippen molar-refractivity contribution in [3.8, 4) is 5.69 Å². The van der Waals surface area contributed by atoms with Crippen molar-refractivity contribution >= 4 is 29.9 Å². The molecule has 1 heterocycles. The second-order valence-corrected chi connectivity index (χ2v) is 5.22. The Hall–Kier alpha value is -2.38. The SMILES string of the molecule is CNCC(C)C(=O)NCC(=O)Nc1ccc(-n2cccn2)cc1.Cl. The standard InChI is InChI=1S/C16H21N5O2.ClH/c1-12(10-17-2)16(23)18-11-15(22)20-13-4-6-14(7-5-13)21-9-3-8-19-21;/h3-9,12,17H,10-11H2,1-2H3,(H,18,23)(H,20,22);1H. The Kier molecular flexibility index (Phi) is 7.94. The Morgan fingerprint density at radius 3 is 2.54 bits per heavy atom. The summed E-state index contributed by atoms with van der Waals surface area (Å²) in [5.41, 5.74) is 1.57. The molecule has 130 valence electrons. The molecule has 2 amide bonds. The summed E-state index contributed by atoms with van der Waals surface area (Å²) in [5.74, 6) is -0.591. The van der Waals surface area contributed by atoms with Gasteiger partial charge in [0, 0.05) is 30.5 Å². The second kappa shape index (κ2) is 9.69. The molecule has 24 heavy (non-hydrogen) atoms. The Labute approximate surface area is 147 Å². The first-order valence-electron chi connectivity index (χ1n) is 7.42. The van der Waals surface area contributed by atoms with Gasteiger partial charge in [-0.05, 0) is 37.4 Å². The fourth-order valence-electron chi connectivity index (χ4n) is 2.06. The Morgan fingerprint density at radius 1 is 1.25 bits per heavy atom. The molecule has 0 spiro atoms. The molecule has 0 aliphatic rings. The van der Waals surface area contributed by atoms with Crippen LogP contribution in [-0.2, 0) is 9.59 Å². The van der Waals surface area contributed by atoms with Crippen LogP contribution in [-0.4, -0.2) is 41.7 Å². The molecule has 0 saturated carbocycles. The van der Waals surface area contributed by atoms with E-state index in [1.807, 2.05) is 24.4 Å². The number of carbonyl (C=O) groups excluding carboxylic acids is 2. The van der Waals surface area contributed by atoms with Gasteiger partial charge in [0.1, 0.15) is 0 Å². The van der Waals surface area contributed by atoms with Crippen LogP contribution in [0, 0.1) is 5.92 Å². The minimum atomic E-state index is -0.262. The average molecular weight is 352 g/mol. The van der Waals surface area contributed by atoms with E-state index in [0.29, 0.717) is 12.2 Å². The summed E-state index contributed by atoms with van der Waals surface area (Å²) in [5, 5.41) is 12.4. The molecule has 1 atom stereocenters. The minimum Gasteiger partial charge on any atom is -0.347 e. The third-order valence-corrected chi connectivity index (χ3v) is 3.30. The number of halogens is 1. The molecule has 8 heteroatoms. The number of rotatable bonds is 7. The summed E-state index contributed by atoms with van der Waals surface area (Å²) < 4.78 is 1.73. The van der Waals surface area contributed by atoms with Crippen LogP contribution < -0.4 is 16.0 Å². The number of aromatic nitrogens is 2. The molecular formula is C16H22ClN5O2. The smallest absolute Gasteiger partial charge is 0.243 e. The van der Waals surface area contributed by atoms with Gasteiger partial charge in [0.15, 0.2) is 0 Å². The number of nitrogens with zero attached hydrogens (tertiary/aromatic N) is 2. The van der Waals surface area contributed by atoms with Crippen LogP contribution in [0.1, 0.15) is 6.92 Å². The fraction of sp³-hybridized carbons (Fsp3) is 0.312. The minimum absolute atomic E-state index is 0. The molecule has 2 rings (SSSR count). The first-order chi connectivity index (χ1) is 11.1. The van der Waals surface area contributed by atoms with Gasteiger partial charge in [0.05, 0.1) is 12.2 Å². The van der Waals surface area contributed by atoms with Gasteiger partial charge in [-0.15, -0.1) is 12.4 Å². The predicted octanol–water partition coefficient (Wildman–Crippen LogP) is 1.20. The molecule has 1 unspecified atom stereocenters. The first kappa shape index (κ1) is 19.7. The molecule has 0 fully saturated rings. The number of hydrogen-bond acceptors (Lipinski definition) is 4. The van der Waals surface area contributed by atoms with Crippen molar-refractivity contribution in [3.63, 3.8) is 0 Å². The lowest BCUT2D eigenvalue weighted by atomic mass is 10.1. The van der Waals surface area contributed by atoms with Crippen molar-refractivity contribution in [2.45, 2.75) is 6.92 Å². The van der Waals surface area contributed by atoms with Crippen molar-refractivity contribution < 1.29 is 9.59 Å². The summed E-state index contributed by atoms with van der Waals surface area (Å²) in [7, 11) is 1.78. The van der Waals surface area contributed by atoms with Gasteiger partial charge in [0.25, 0.3) is 0 Å². The van der Waals surface area contributed by atoms with E-state index in [0.717, 1.165) is 5.69 Å². The van der Waals surface area contributed by atoms with E-state index in [-0.39, 0.29) is 36.7 Å². The molecule has 0 aliphatic heterocycles. The number of anilines is 1. The van der Waals surface area contributed by atoms with Gasteiger partial charge >= 0.3 is 0 Å². The molecule has 0 aliphatic carbocycles. The number of nitrogens with one attached hydrogen (secondary N) is 3. The molecule has 7 nitrogen and oxygen atoms in total. The van der Waals surface area contributed by atoms with E-state index in [4.69, 9.17) is 0 Å². The highest BCUT2D eigenvalue weighted by atomic mass is 35.5. The van der Waals surface area contributed by atoms with E-state index >= 15 is 0 Å². The van der Waals surface area contributed by atoms with Crippen LogP contribution in [0.3, 0.4) is 0 Å². The van der Waals surface area contributed by atoms with Gasteiger partial charge in [-0.25, -0.2) is 4.68 Å². The summed E-state index contributed by atoms with van der Waals surface area (Å²) >= 11 is 0. The number of benzene rings is 1. The van der Waals surface area contributed by atoms with Crippen LogP contribution in [0.5, 0.6) is 0 Å². The van der Waals surface area contributed by atoms with Crippen LogP contribution >= 0.6 is 12.4 Å². The summed E-state index contributed by atoms with van der Waals surface area (Å²) in [6, 6.07) is 9.14. The lowest BCUT2D eigenvalue weighted by Gasteiger charge is -2.11. The largest absolute Gasteiger partial charge is 0.347 e. The Morgan fingerprint density at radius 2 is 1.96 bits per heavy atom. The molecule has 1 aromatic carbocycles. The Bertz CT molecular complexity index is 643. The van der Waals surface area contributed by atoms with Crippen LogP contribution in [0.2, 0.25) is 0 Å². The van der Waals surface area contributed by atoms with Crippen molar-refractivity contribution in [3.05, 3.63) is 42.7 Å². The van der Waals surface area contributed by atoms with Crippen LogP contribution in [0.25, 0.3) is 5.69 Å². The fourth-order valence-corrected chi connectivity index (χ4v) is 2.06. The second-order valence-electron chi connectivity index (χ2n) is 5.22. The molecule has 0 radical (unpaired) electrons. The van der Waals surface area contributed by atoms with Crippen molar-refractivity contribution in [2.75, 3.05) is 25.5 Å². The number of amides is 2. The van der Waals surface area contributed by atoms with Crippen LogP contribution in [0.4, 0.5) is 5.69 Å². The highest BCUT2D eigenvalue weighted by molar-refractivity contribution is 5.94. The lowest BCUT2D eigenvalue weighted by molar-refractivity contribution is -0.126. The molecular weight excluding hydrogens is 330 g/mol. The van der Waals surface area contributed by atoms with Crippen LogP contribution in [0.15, 0.2) is 42.7 Å². The monoisotopic (exact) mass is 351 g/mol. The van der Waals surface area contributed by atoms with Crippen molar-refractivity contribution in [2.24, 2.45) is 5.92 Å². The first-order valence-corrected chi connectivity index (χ1v) is 7.42. The highest BCUT2D eigenvalue weighted by Gasteiger charge is 2.12. The summed E-state index contributed by atoms with van der Waals surface area (Å²) in [6.45, 7) is 2.33. The van der Waals surface area contributed by atoms with Crippen molar-refractivity contribution in [1.29, 1.82) is 0 Å². The van der Waals surface area contributed by atoms with Gasteiger partial charge in [-0.2, -0.15) is 5.10 Å². The third-order valence-electron chi connectivity index (χ3n) is 3.30. The normalized spacial score (nSPS) is 11.2. The zero-order valence-electron chi connectivity index (χ0n) is 13.7. The zero-order chi connectivity index (χ0) is 16.7. The zero-order valence-corrected chi connectivity index (χ0v) is 14.5. The number of hydrogen-bond donors (Lipinski definition) is 3. The summed E-state index contributed by atoms with van der Waals surface area (Å²) in [6.07, 6.45) is 3.54. The maximum atomic E-state index is 11.9. The van der Waals surface area contributed by atoms with E-state index in [1.165, 1.54) is 0 Å². The Balaban J connectivity index is 0.00000288. The van der Waals surface area contributed by atoms with Gasteiger partial charge in [-0.1, -0.05) is 6.92 Å². The molecule has 2 aromatic rings. The van der Waals surface area contributed by atoms with E-state index in [2.05, 4.69) is 21.0 Å². The molecule has 0 bridgehead atoms. The van der Waals surface area contributed by atoms with Gasteiger partial charge < -0.3 is 16.0 Å². The number of carbonyl (C=O) groups is 2. The maximum Gasteiger partial charge on any atom is 0.243 e. The lowest BCUT2D eigenvalue weighted by Crippen LogP contribution is -2.38. The highest BCUT2D eigenvalue weighted by Crippen LogP contribution is 2.12. The van der Waals surface area contributed by atoms with Gasteiger partial charge in [-0.3, -0.25) is 9.59 Å². The molecule has 3 N–H and O–H groups in total. The molecule has 1 aromatic heterocycles. The van der Waals surface area contributed by atoms with Gasteiger partial charge in [0.2, 0.25) is 11.8 Å². The van der Waals surface area contributed by atoms with E-state index in [1.54, 1.807) is 37.0 Å². The van der Waals surface area contributed by atoms with Crippen molar-refractivity contribution in [1.82, 2.24) is 20.4 Å². The summed E-state index contributed by atoms with van der Waals surface area (Å²) in [4.78, 5) is 23.6. The maximum absolute atomic E-state index is 11.9. The molecule has 0 saturated heterocycles. The predicted molar refractivity (Wildman–Crippen MR) is 95.5 cm³/mol. The van der Waals surface area contributed by atoms with E-state index in [9.17, 15) is 9.59 Å². The quantitative estimate of drug-likeness (QED) is 0.699. The average Bonchev–Trinajstić information content (AvgIpc) is 3.08. The third kappa shape index (κ3) is 5.68.